The van der Waals surface area contributed by atoms with Gasteiger partial charge in [0, 0.05) is 55.2 Å². The SMILES string of the molecule is CC(=O)c1ccc2c(c1)c1cc(C(C)=O)ccc1n2-c1ccc(C23c4ccccc4C(c4ccc(-n5c6ccc(C(C)=O)cc6c6cc(C(C)=O)ccc65)cc4)(c4ccccc42)c2ccccc23)cc1. The van der Waals surface area contributed by atoms with Crippen LogP contribution in [-0.4, -0.2) is 32.3 Å². The lowest BCUT2D eigenvalue weighted by Gasteiger charge is -2.57. The van der Waals surface area contributed by atoms with Crippen molar-refractivity contribution in [3.63, 3.8) is 0 Å². The van der Waals surface area contributed by atoms with E-state index in [2.05, 4.69) is 130 Å². The second-order valence-corrected chi connectivity index (χ2v) is 19.1. The molecular formula is C64H44N2O4. The van der Waals surface area contributed by atoms with Crippen molar-refractivity contribution in [1.29, 1.82) is 0 Å². The minimum absolute atomic E-state index is 0.00727. The van der Waals surface area contributed by atoms with E-state index < -0.39 is 10.8 Å². The highest BCUT2D eigenvalue weighted by atomic mass is 16.1. The molecular weight excluding hydrogens is 861 g/mol. The van der Waals surface area contributed by atoms with Crippen molar-refractivity contribution in [3.05, 3.63) is 261 Å². The summed E-state index contributed by atoms with van der Waals surface area (Å²) in [6.45, 7) is 6.33. The number of rotatable bonds is 8. The molecule has 2 bridgehead atoms. The van der Waals surface area contributed by atoms with E-state index in [1.54, 1.807) is 27.7 Å². The zero-order chi connectivity index (χ0) is 47.8. The Kier molecular flexibility index (Phi) is 8.81. The molecule has 0 radical (unpaired) electrons. The van der Waals surface area contributed by atoms with Crippen LogP contribution in [0, 0.1) is 0 Å². The van der Waals surface area contributed by atoms with Crippen molar-refractivity contribution in [1.82, 2.24) is 9.13 Å². The predicted octanol–water partition coefficient (Wildman–Crippen LogP) is 14.1. The van der Waals surface area contributed by atoms with Gasteiger partial charge in [0.05, 0.1) is 32.9 Å². The number of fused-ring (bicyclic) bond motifs is 6. The van der Waals surface area contributed by atoms with E-state index in [1.165, 1.54) is 33.4 Å². The monoisotopic (exact) mass is 904 g/mol. The van der Waals surface area contributed by atoms with Gasteiger partial charge in [0.1, 0.15) is 0 Å². The summed E-state index contributed by atoms with van der Waals surface area (Å²) in [6, 6.07) is 68.2. The summed E-state index contributed by atoms with van der Waals surface area (Å²) < 4.78 is 4.47. The van der Waals surface area contributed by atoms with Gasteiger partial charge in [0.2, 0.25) is 0 Å². The summed E-state index contributed by atoms with van der Waals surface area (Å²) in [5.41, 5.74) is 16.7. The molecule has 2 heterocycles. The van der Waals surface area contributed by atoms with Crippen LogP contribution in [0.25, 0.3) is 55.0 Å². The number of aromatic nitrogens is 2. The maximum absolute atomic E-state index is 12.6. The normalized spacial score (nSPS) is 16.6. The fourth-order valence-corrected chi connectivity index (χ4v) is 12.4. The Labute approximate surface area is 404 Å². The molecule has 3 aliphatic carbocycles. The maximum Gasteiger partial charge on any atom is 0.159 e. The van der Waals surface area contributed by atoms with Gasteiger partial charge in [-0.25, -0.2) is 0 Å². The second-order valence-electron chi connectivity index (χ2n) is 19.1. The second kappa shape index (κ2) is 14.9. The van der Waals surface area contributed by atoms with Crippen LogP contribution in [-0.2, 0) is 10.8 Å². The Morgan fingerprint density at radius 3 is 0.743 bits per heavy atom. The number of hydrogen-bond acceptors (Lipinski definition) is 4. The molecule has 3 aliphatic rings. The van der Waals surface area contributed by atoms with Crippen LogP contribution < -0.4 is 0 Å². The number of carbonyl (C=O) groups is 4. The van der Waals surface area contributed by atoms with E-state index in [0.717, 1.165) is 66.1 Å². The van der Waals surface area contributed by atoms with Gasteiger partial charge in [-0.2, -0.15) is 0 Å². The van der Waals surface area contributed by atoms with Crippen molar-refractivity contribution < 1.29 is 19.2 Å². The molecule has 6 heteroatoms. The lowest BCUT2D eigenvalue weighted by atomic mass is 9.44. The summed E-state index contributed by atoms with van der Waals surface area (Å²) in [7, 11) is 0. The summed E-state index contributed by atoms with van der Waals surface area (Å²) in [5, 5.41) is 3.71. The minimum atomic E-state index is -0.641. The topological polar surface area (TPSA) is 78.1 Å². The number of ketones is 4. The molecule has 0 unspecified atom stereocenters. The van der Waals surface area contributed by atoms with Crippen LogP contribution in [0.15, 0.2) is 194 Å². The van der Waals surface area contributed by atoms with Gasteiger partial charge in [-0.05, 0) is 169 Å². The van der Waals surface area contributed by atoms with Crippen molar-refractivity contribution in [2.24, 2.45) is 0 Å². The van der Waals surface area contributed by atoms with Gasteiger partial charge in [-0.15, -0.1) is 0 Å². The fraction of sp³-hybridized carbons (Fsp3) is 0.0938. The molecule has 0 N–H and O–H groups in total. The Balaban J connectivity index is 0.997. The van der Waals surface area contributed by atoms with E-state index in [0.29, 0.717) is 22.3 Å². The molecule has 0 fully saturated rings. The molecule has 9 aromatic carbocycles. The molecule has 0 saturated heterocycles. The smallest absolute Gasteiger partial charge is 0.159 e. The van der Waals surface area contributed by atoms with Crippen LogP contribution >= 0.6 is 0 Å². The van der Waals surface area contributed by atoms with E-state index >= 15 is 0 Å². The molecule has 70 heavy (non-hydrogen) atoms. The van der Waals surface area contributed by atoms with Gasteiger partial charge in [-0.1, -0.05) is 97.1 Å². The van der Waals surface area contributed by atoms with Crippen LogP contribution in [0.1, 0.15) is 114 Å². The number of Topliss-reactive ketones (excluding diaryl/α,β-unsaturated/α-hetero) is 4. The van der Waals surface area contributed by atoms with Crippen molar-refractivity contribution >= 4 is 66.7 Å². The molecule has 14 rings (SSSR count). The molecule has 11 aromatic rings. The lowest BCUT2D eigenvalue weighted by Crippen LogP contribution is -2.51. The average molecular weight is 905 g/mol. The highest BCUT2D eigenvalue weighted by Crippen LogP contribution is 2.66. The molecule has 0 amide bonds. The Morgan fingerprint density at radius 2 is 0.529 bits per heavy atom. The van der Waals surface area contributed by atoms with Crippen LogP contribution in [0.4, 0.5) is 0 Å². The third-order valence-electron chi connectivity index (χ3n) is 15.5. The highest BCUT2D eigenvalue weighted by molar-refractivity contribution is 6.15. The van der Waals surface area contributed by atoms with E-state index in [4.69, 9.17) is 0 Å². The summed E-state index contributed by atoms with van der Waals surface area (Å²) in [6.07, 6.45) is 0. The van der Waals surface area contributed by atoms with Crippen LogP contribution in [0.3, 0.4) is 0 Å². The van der Waals surface area contributed by atoms with E-state index in [-0.39, 0.29) is 23.1 Å². The Hall–Kier alpha value is -8.74. The van der Waals surface area contributed by atoms with Gasteiger partial charge in [0.25, 0.3) is 0 Å². The van der Waals surface area contributed by atoms with Crippen LogP contribution in [0.5, 0.6) is 0 Å². The zero-order valence-corrected chi connectivity index (χ0v) is 39.0. The maximum atomic E-state index is 12.6. The highest BCUT2D eigenvalue weighted by Gasteiger charge is 2.59. The summed E-state index contributed by atoms with van der Waals surface area (Å²) in [5.74, 6) is -0.0291. The number of carbonyl (C=O) groups excluding carboxylic acids is 4. The van der Waals surface area contributed by atoms with Crippen molar-refractivity contribution in [3.8, 4) is 11.4 Å². The summed E-state index contributed by atoms with van der Waals surface area (Å²) >= 11 is 0. The largest absolute Gasteiger partial charge is 0.309 e. The fourth-order valence-electron chi connectivity index (χ4n) is 12.4. The lowest BCUT2D eigenvalue weighted by molar-refractivity contribution is 0.100. The van der Waals surface area contributed by atoms with E-state index in [1.807, 2.05) is 72.8 Å². The third kappa shape index (κ3) is 5.44. The molecule has 0 spiro atoms. The Morgan fingerprint density at radius 1 is 0.300 bits per heavy atom. The molecule has 6 nitrogen and oxygen atoms in total. The van der Waals surface area contributed by atoms with Crippen molar-refractivity contribution in [2.45, 2.75) is 38.5 Å². The average Bonchev–Trinajstić information content (AvgIpc) is 3.90. The quantitative estimate of drug-likeness (QED) is 0.142. The first kappa shape index (κ1) is 41.4. The molecule has 0 atom stereocenters. The first-order chi connectivity index (χ1) is 34.0. The van der Waals surface area contributed by atoms with Gasteiger partial charge < -0.3 is 9.13 Å². The molecule has 2 aromatic heterocycles. The standard InChI is InChI=1S/C64H44N2O4/c1-37(67)41-17-29-59-49(33-41)50-34-42(38(2)68)18-30-60(50)65(59)47-25-21-45(22-26-47)63-53-11-5-8-14-56(53)64(57-15-9-6-12-54(57)63,58-16-10-7-13-55(58)63)46-23-27-48(28-24-46)66-61-31-19-43(39(3)69)35-51(61)52-36-44(40(4)70)20-32-62(52)66/h5-36H,1-4H3. The Bertz CT molecular complexity index is 3600. The van der Waals surface area contributed by atoms with Crippen molar-refractivity contribution in [2.75, 3.05) is 0 Å². The molecule has 0 aliphatic heterocycles. The molecule has 334 valence electrons. The van der Waals surface area contributed by atoms with Gasteiger partial charge in [0.15, 0.2) is 23.1 Å². The number of hydrogen-bond donors (Lipinski definition) is 0. The predicted molar refractivity (Wildman–Crippen MR) is 279 cm³/mol. The van der Waals surface area contributed by atoms with Gasteiger partial charge >= 0.3 is 0 Å². The third-order valence-corrected chi connectivity index (χ3v) is 15.5. The van der Waals surface area contributed by atoms with E-state index in [9.17, 15) is 19.2 Å². The zero-order valence-electron chi connectivity index (χ0n) is 39.0. The number of nitrogens with zero attached hydrogens (tertiary/aromatic N) is 2. The first-order valence-electron chi connectivity index (χ1n) is 23.7. The number of benzene rings is 9. The van der Waals surface area contributed by atoms with Crippen LogP contribution in [0.2, 0.25) is 0 Å². The minimum Gasteiger partial charge on any atom is -0.309 e. The molecule has 0 saturated carbocycles. The first-order valence-corrected chi connectivity index (χ1v) is 23.7. The van der Waals surface area contributed by atoms with Gasteiger partial charge in [-0.3, -0.25) is 19.2 Å². The summed E-state index contributed by atoms with van der Waals surface area (Å²) in [4.78, 5) is 50.4.